The molecule has 0 spiro atoms. The zero-order valence-electron chi connectivity index (χ0n) is 11.6. The van der Waals surface area contributed by atoms with Crippen LogP contribution in [0.15, 0.2) is 29.2 Å². The summed E-state index contributed by atoms with van der Waals surface area (Å²) in [6.45, 7) is 5.94. The maximum absolute atomic E-state index is 11.9. The molecule has 0 aliphatic rings. The summed E-state index contributed by atoms with van der Waals surface area (Å²) in [6.07, 6.45) is 0.408. The Labute approximate surface area is 139 Å². The Bertz CT molecular complexity index is 443. The van der Waals surface area contributed by atoms with Crippen LogP contribution in [0.4, 0.5) is 0 Å². The van der Waals surface area contributed by atoms with Crippen LogP contribution in [-0.2, 0) is 4.79 Å². The number of hydrogen-bond donors (Lipinski definition) is 1. The Kier molecular flexibility index (Phi) is 6.99. The zero-order chi connectivity index (χ0) is 15.3. The second-order valence-corrected chi connectivity index (χ2v) is 8.57. The van der Waals surface area contributed by atoms with Crippen LogP contribution in [0.3, 0.4) is 0 Å². The third-order valence-electron chi connectivity index (χ3n) is 2.46. The van der Waals surface area contributed by atoms with Crippen molar-refractivity contribution in [3.63, 3.8) is 0 Å². The minimum atomic E-state index is -1.57. The largest absolute Gasteiger partial charge is 0.340 e. The quantitative estimate of drug-likeness (QED) is 0.460. The number of rotatable bonds is 5. The van der Waals surface area contributed by atoms with Crippen LogP contribution < -0.4 is 5.32 Å². The van der Waals surface area contributed by atoms with Gasteiger partial charge in [-0.1, -0.05) is 78.1 Å². The van der Waals surface area contributed by atoms with E-state index in [0.29, 0.717) is 6.42 Å². The molecule has 1 rings (SSSR count). The van der Waals surface area contributed by atoms with Gasteiger partial charge >= 0.3 is 0 Å². The molecule has 0 saturated carbocycles. The first-order valence-electron chi connectivity index (χ1n) is 6.28. The van der Waals surface area contributed by atoms with Gasteiger partial charge in [0.1, 0.15) is 5.37 Å². The monoisotopic (exact) mass is 353 g/mol. The number of alkyl halides is 3. The van der Waals surface area contributed by atoms with E-state index in [1.165, 1.54) is 11.8 Å². The van der Waals surface area contributed by atoms with Crippen LogP contribution in [0.2, 0.25) is 0 Å². The molecule has 0 heterocycles. The Hall–Kier alpha value is -0.0900. The third kappa shape index (κ3) is 6.57. The highest BCUT2D eigenvalue weighted by atomic mass is 35.6. The van der Waals surface area contributed by atoms with E-state index in [4.69, 9.17) is 34.8 Å². The summed E-state index contributed by atoms with van der Waals surface area (Å²) in [6, 6.07) is 7.84. The Morgan fingerprint density at radius 2 is 1.80 bits per heavy atom. The molecule has 1 aromatic rings. The Morgan fingerprint density at radius 3 is 2.25 bits per heavy atom. The van der Waals surface area contributed by atoms with Crippen molar-refractivity contribution in [3.05, 3.63) is 29.8 Å². The highest BCUT2D eigenvalue weighted by Gasteiger charge is 2.34. The van der Waals surface area contributed by atoms with Gasteiger partial charge in [0.05, 0.1) is 0 Å². The predicted molar refractivity (Wildman–Crippen MR) is 88.7 cm³/mol. The summed E-state index contributed by atoms with van der Waals surface area (Å²) >= 11 is 19.2. The number of benzene rings is 1. The van der Waals surface area contributed by atoms with Crippen LogP contribution in [0.25, 0.3) is 0 Å². The van der Waals surface area contributed by atoms with Gasteiger partial charge in [0.2, 0.25) is 9.70 Å². The Morgan fingerprint density at radius 1 is 1.25 bits per heavy atom. The van der Waals surface area contributed by atoms with Crippen molar-refractivity contribution in [1.29, 1.82) is 0 Å². The van der Waals surface area contributed by atoms with Crippen molar-refractivity contribution in [2.24, 2.45) is 5.92 Å². The van der Waals surface area contributed by atoms with Gasteiger partial charge in [0.15, 0.2) is 0 Å². The molecule has 0 radical (unpaired) electrons. The number of thioether (sulfide) groups is 1. The number of amides is 1. The van der Waals surface area contributed by atoms with E-state index in [9.17, 15) is 4.79 Å². The van der Waals surface area contributed by atoms with Crippen LogP contribution in [0, 0.1) is 12.8 Å². The number of carbonyl (C=O) groups is 1. The number of nitrogens with one attached hydrogen (secondary N) is 1. The molecule has 1 atom stereocenters. The predicted octanol–water partition coefficient (Wildman–Crippen LogP) is 4.95. The first-order chi connectivity index (χ1) is 9.18. The summed E-state index contributed by atoms with van der Waals surface area (Å²) in [4.78, 5) is 12.8. The lowest BCUT2D eigenvalue weighted by atomic mass is 10.1. The normalized spacial score (nSPS) is 13.3. The van der Waals surface area contributed by atoms with Crippen LogP contribution >= 0.6 is 46.6 Å². The molecule has 6 heteroatoms. The molecular weight excluding hydrogens is 337 g/mol. The van der Waals surface area contributed by atoms with Crippen molar-refractivity contribution in [3.8, 4) is 0 Å². The molecule has 1 aromatic carbocycles. The standard InChI is InChI=1S/C14H18Cl3NOS/c1-9(2)8-12(19)18-13(14(15,16)17)20-11-6-4-10(3)5-7-11/h4-7,9,13H,8H2,1-3H3,(H,18,19)/t13-/m0/s1. The molecule has 0 aliphatic heterocycles. The minimum absolute atomic E-state index is 0.115. The minimum Gasteiger partial charge on any atom is -0.340 e. The van der Waals surface area contributed by atoms with Crippen molar-refractivity contribution < 1.29 is 4.79 Å². The van der Waals surface area contributed by atoms with Gasteiger partial charge < -0.3 is 5.32 Å². The van der Waals surface area contributed by atoms with E-state index in [-0.39, 0.29) is 11.8 Å². The fourth-order valence-corrected chi connectivity index (χ4v) is 2.96. The highest BCUT2D eigenvalue weighted by molar-refractivity contribution is 8.00. The second-order valence-electron chi connectivity index (χ2n) is 5.02. The lowest BCUT2D eigenvalue weighted by molar-refractivity contribution is -0.121. The topological polar surface area (TPSA) is 29.1 Å². The van der Waals surface area contributed by atoms with Crippen molar-refractivity contribution in [1.82, 2.24) is 5.32 Å². The molecule has 20 heavy (non-hydrogen) atoms. The molecule has 1 N–H and O–H groups in total. The Balaban J connectivity index is 2.75. The van der Waals surface area contributed by atoms with Gasteiger partial charge in [-0.3, -0.25) is 4.79 Å². The summed E-state index contributed by atoms with van der Waals surface area (Å²) in [5.74, 6) is 0.145. The molecule has 2 nitrogen and oxygen atoms in total. The molecule has 0 aromatic heterocycles. The number of halogens is 3. The molecule has 0 fully saturated rings. The average molecular weight is 355 g/mol. The van der Waals surface area contributed by atoms with Gasteiger partial charge in [0.25, 0.3) is 0 Å². The third-order valence-corrected chi connectivity index (χ3v) is 4.75. The smallest absolute Gasteiger partial charge is 0.221 e. The molecule has 0 saturated heterocycles. The van der Waals surface area contributed by atoms with E-state index in [2.05, 4.69) is 5.32 Å². The molecule has 0 bridgehead atoms. The summed E-state index contributed by atoms with van der Waals surface area (Å²) in [7, 11) is 0. The van der Waals surface area contributed by atoms with Gasteiger partial charge in [-0.2, -0.15) is 0 Å². The van der Waals surface area contributed by atoms with Crippen LogP contribution in [0.1, 0.15) is 25.8 Å². The first-order valence-corrected chi connectivity index (χ1v) is 8.29. The van der Waals surface area contributed by atoms with E-state index in [1.54, 1.807) is 0 Å². The lowest BCUT2D eigenvalue weighted by Gasteiger charge is -2.25. The van der Waals surface area contributed by atoms with E-state index in [0.717, 1.165) is 10.5 Å². The second kappa shape index (κ2) is 7.79. The fourth-order valence-electron chi connectivity index (χ4n) is 1.51. The molecule has 0 aliphatic carbocycles. The van der Waals surface area contributed by atoms with Crippen molar-refractivity contribution >= 4 is 52.5 Å². The lowest BCUT2D eigenvalue weighted by Crippen LogP contribution is -2.41. The summed E-state index contributed by atoms with van der Waals surface area (Å²) in [5, 5.41) is 2.16. The molecule has 0 unspecified atom stereocenters. The summed E-state index contributed by atoms with van der Waals surface area (Å²) in [5.41, 5.74) is 1.16. The van der Waals surface area contributed by atoms with Gasteiger partial charge in [-0.15, -0.1) is 0 Å². The number of carbonyl (C=O) groups excluding carboxylic acids is 1. The van der Waals surface area contributed by atoms with E-state index >= 15 is 0 Å². The van der Waals surface area contributed by atoms with Crippen molar-refractivity contribution in [2.45, 2.75) is 41.3 Å². The first kappa shape index (κ1) is 18.0. The van der Waals surface area contributed by atoms with E-state index < -0.39 is 9.17 Å². The van der Waals surface area contributed by atoms with Crippen molar-refractivity contribution in [2.75, 3.05) is 0 Å². The zero-order valence-corrected chi connectivity index (χ0v) is 14.7. The fraction of sp³-hybridized carbons (Fsp3) is 0.500. The van der Waals surface area contributed by atoms with Gasteiger partial charge in [-0.05, 0) is 25.0 Å². The molecule has 1 amide bonds. The molecular formula is C14H18Cl3NOS. The average Bonchev–Trinajstić information content (AvgIpc) is 2.28. The van der Waals surface area contributed by atoms with Gasteiger partial charge in [0, 0.05) is 11.3 Å². The van der Waals surface area contributed by atoms with Crippen LogP contribution in [0.5, 0.6) is 0 Å². The highest BCUT2D eigenvalue weighted by Crippen LogP contribution is 2.39. The maximum Gasteiger partial charge on any atom is 0.221 e. The maximum atomic E-state index is 11.9. The van der Waals surface area contributed by atoms with E-state index in [1.807, 2.05) is 45.0 Å². The van der Waals surface area contributed by atoms with Crippen LogP contribution in [-0.4, -0.2) is 15.1 Å². The molecule has 112 valence electrons. The number of aryl methyl sites for hydroxylation is 1. The summed E-state index contributed by atoms with van der Waals surface area (Å²) < 4.78 is -1.57. The van der Waals surface area contributed by atoms with Gasteiger partial charge in [-0.25, -0.2) is 0 Å². The number of hydrogen-bond acceptors (Lipinski definition) is 2. The SMILES string of the molecule is Cc1ccc(S[C@H](NC(=O)CC(C)C)C(Cl)(Cl)Cl)cc1.